The van der Waals surface area contributed by atoms with Gasteiger partial charge in [0.1, 0.15) is 11.4 Å². The van der Waals surface area contributed by atoms with E-state index >= 15 is 0 Å². The van der Waals surface area contributed by atoms with Gasteiger partial charge in [0.25, 0.3) is 11.5 Å². The molecule has 0 saturated carbocycles. The van der Waals surface area contributed by atoms with Crippen molar-refractivity contribution in [3.63, 3.8) is 0 Å². The summed E-state index contributed by atoms with van der Waals surface area (Å²) in [5.74, 6) is -0.604. The fourth-order valence-electron chi connectivity index (χ4n) is 2.00. The van der Waals surface area contributed by atoms with Crippen LogP contribution in [0.25, 0.3) is 0 Å². The summed E-state index contributed by atoms with van der Waals surface area (Å²) in [4.78, 5) is 28.1. The Morgan fingerprint density at radius 1 is 1.19 bits per heavy atom. The lowest BCUT2D eigenvalue weighted by Gasteiger charge is -2.16. The van der Waals surface area contributed by atoms with E-state index in [1.807, 2.05) is 0 Å². The lowest BCUT2D eigenvalue weighted by atomic mass is 10.1. The molecule has 5 heteroatoms. The summed E-state index contributed by atoms with van der Waals surface area (Å²) >= 11 is 0. The van der Waals surface area contributed by atoms with Crippen molar-refractivity contribution in [3.8, 4) is 0 Å². The SMILES string of the molecule is Cc1ccc(C(=O)N(C)CCc2ccc(F)cc2)c(=O)[nH]1. The largest absolute Gasteiger partial charge is 0.341 e. The summed E-state index contributed by atoms with van der Waals surface area (Å²) in [6.07, 6.45) is 0.603. The van der Waals surface area contributed by atoms with Crippen LogP contribution in [0.2, 0.25) is 0 Å². The Kier molecular flexibility index (Phi) is 4.52. The number of pyridine rings is 1. The number of amides is 1. The first-order chi connectivity index (χ1) is 9.97. The molecular weight excluding hydrogens is 271 g/mol. The topological polar surface area (TPSA) is 53.2 Å². The molecule has 2 aromatic rings. The van der Waals surface area contributed by atoms with E-state index in [2.05, 4.69) is 4.98 Å². The zero-order valence-electron chi connectivity index (χ0n) is 12.0. The highest BCUT2D eigenvalue weighted by molar-refractivity contribution is 5.93. The first kappa shape index (κ1) is 15.0. The normalized spacial score (nSPS) is 10.4. The van der Waals surface area contributed by atoms with Gasteiger partial charge in [0.05, 0.1) is 0 Å². The summed E-state index contributed by atoms with van der Waals surface area (Å²) in [5, 5.41) is 0. The van der Waals surface area contributed by atoms with E-state index in [9.17, 15) is 14.0 Å². The number of carbonyl (C=O) groups is 1. The number of likely N-dealkylation sites (N-methyl/N-ethyl adjacent to an activating group) is 1. The molecule has 0 aliphatic carbocycles. The van der Waals surface area contributed by atoms with Crippen LogP contribution in [0.1, 0.15) is 21.6 Å². The van der Waals surface area contributed by atoms with Crippen molar-refractivity contribution >= 4 is 5.91 Å². The smallest absolute Gasteiger partial charge is 0.260 e. The predicted octanol–water partition coefficient (Wildman–Crippen LogP) is 2.14. The van der Waals surface area contributed by atoms with Crippen molar-refractivity contribution < 1.29 is 9.18 Å². The molecular formula is C16H17FN2O2. The summed E-state index contributed by atoms with van der Waals surface area (Å²) in [5.41, 5.74) is 1.40. The van der Waals surface area contributed by atoms with Crippen molar-refractivity contribution in [2.45, 2.75) is 13.3 Å². The molecule has 4 nitrogen and oxygen atoms in total. The number of aromatic amines is 1. The van der Waals surface area contributed by atoms with Crippen molar-refractivity contribution in [3.05, 3.63) is 69.4 Å². The Bertz CT molecular complexity index is 692. The Hall–Kier alpha value is -2.43. The van der Waals surface area contributed by atoms with Crippen LogP contribution in [0.4, 0.5) is 4.39 Å². The monoisotopic (exact) mass is 288 g/mol. The molecule has 0 bridgehead atoms. The number of hydrogen-bond donors (Lipinski definition) is 1. The molecule has 1 amide bonds. The maximum absolute atomic E-state index is 12.8. The molecule has 1 N–H and O–H groups in total. The highest BCUT2D eigenvalue weighted by atomic mass is 19.1. The maximum atomic E-state index is 12.8. The van der Waals surface area contributed by atoms with Crippen LogP contribution in [-0.4, -0.2) is 29.4 Å². The van der Waals surface area contributed by atoms with Gasteiger partial charge in [0.15, 0.2) is 0 Å². The maximum Gasteiger partial charge on any atom is 0.260 e. The van der Waals surface area contributed by atoms with Gasteiger partial charge in [-0.3, -0.25) is 9.59 Å². The average Bonchev–Trinajstić information content (AvgIpc) is 2.45. The van der Waals surface area contributed by atoms with Crippen LogP contribution in [-0.2, 0) is 6.42 Å². The second-order valence-electron chi connectivity index (χ2n) is 4.99. The lowest BCUT2D eigenvalue weighted by Crippen LogP contribution is -2.33. The van der Waals surface area contributed by atoms with Crippen LogP contribution in [0.15, 0.2) is 41.2 Å². The zero-order valence-corrected chi connectivity index (χ0v) is 12.0. The summed E-state index contributed by atoms with van der Waals surface area (Å²) in [6.45, 7) is 2.21. The van der Waals surface area contributed by atoms with Crippen LogP contribution < -0.4 is 5.56 Å². The first-order valence-electron chi connectivity index (χ1n) is 6.67. The molecule has 1 aromatic heterocycles. The lowest BCUT2D eigenvalue weighted by molar-refractivity contribution is 0.0795. The number of aryl methyl sites for hydroxylation is 1. The Balaban J connectivity index is 2.02. The van der Waals surface area contributed by atoms with Gasteiger partial charge >= 0.3 is 0 Å². The van der Waals surface area contributed by atoms with Crippen molar-refractivity contribution in [2.24, 2.45) is 0 Å². The van der Waals surface area contributed by atoms with Gasteiger partial charge in [-0.2, -0.15) is 0 Å². The number of H-pyrrole nitrogens is 1. The van der Waals surface area contributed by atoms with Crippen LogP contribution >= 0.6 is 0 Å². The summed E-state index contributed by atoms with van der Waals surface area (Å²) < 4.78 is 12.8. The van der Waals surface area contributed by atoms with E-state index in [1.165, 1.54) is 23.1 Å². The van der Waals surface area contributed by atoms with Gasteiger partial charge in [-0.15, -0.1) is 0 Å². The molecule has 0 atom stereocenters. The second-order valence-corrected chi connectivity index (χ2v) is 4.99. The molecule has 1 heterocycles. The minimum Gasteiger partial charge on any atom is -0.341 e. The van der Waals surface area contributed by atoms with Crippen molar-refractivity contribution in [2.75, 3.05) is 13.6 Å². The number of nitrogens with zero attached hydrogens (tertiary/aromatic N) is 1. The van der Waals surface area contributed by atoms with E-state index in [-0.39, 0.29) is 22.8 Å². The Morgan fingerprint density at radius 2 is 1.86 bits per heavy atom. The minimum atomic E-state index is -0.381. The summed E-state index contributed by atoms with van der Waals surface area (Å²) in [6, 6.07) is 9.38. The molecule has 2 rings (SSSR count). The van der Waals surface area contributed by atoms with Crippen LogP contribution in [0.3, 0.4) is 0 Å². The Morgan fingerprint density at radius 3 is 2.48 bits per heavy atom. The molecule has 0 aliphatic rings. The van der Waals surface area contributed by atoms with E-state index in [0.717, 1.165) is 5.56 Å². The van der Waals surface area contributed by atoms with Gasteiger partial charge in [-0.25, -0.2) is 4.39 Å². The summed E-state index contributed by atoms with van der Waals surface area (Å²) in [7, 11) is 1.64. The van der Waals surface area contributed by atoms with Gasteiger partial charge < -0.3 is 9.88 Å². The molecule has 21 heavy (non-hydrogen) atoms. The minimum absolute atomic E-state index is 0.127. The number of benzene rings is 1. The number of halogens is 1. The van der Waals surface area contributed by atoms with Crippen LogP contribution in [0, 0.1) is 12.7 Å². The number of hydrogen-bond acceptors (Lipinski definition) is 2. The molecule has 110 valence electrons. The van der Waals surface area contributed by atoms with Gasteiger partial charge in [-0.05, 0) is 43.2 Å². The number of rotatable bonds is 4. The Labute approximate surface area is 122 Å². The molecule has 0 fully saturated rings. The average molecular weight is 288 g/mol. The fraction of sp³-hybridized carbons (Fsp3) is 0.250. The third-order valence-electron chi connectivity index (χ3n) is 3.28. The molecule has 0 aliphatic heterocycles. The van der Waals surface area contributed by atoms with Crippen molar-refractivity contribution in [1.29, 1.82) is 0 Å². The molecule has 0 radical (unpaired) electrons. The third-order valence-corrected chi connectivity index (χ3v) is 3.28. The van der Waals surface area contributed by atoms with Gasteiger partial charge in [-0.1, -0.05) is 12.1 Å². The fourth-order valence-corrected chi connectivity index (χ4v) is 2.00. The third kappa shape index (κ3) is 3.78. The second kappa shape index (κ2) is 6.35. The first-order valence-corrected chi connectivity index (χ1v) is 6.67. The van der Waals surface area contributed by atoms with Gasteiger partial charge in [0.2, 0.25) is 0 Å². The molecule has 0 spiro atoms. The quantitative estimate of drug-likeness (QED) is 0.937. The van der Waals surface area contributed by atoms with Crippen LogP contribution in [0.5, 0.6) is 0 Å². The number of nitrogens with one attached hydrogen (secondary N) is 1. The predicted molar refractivity (Wildman–Crippen MR) is 78.9 cm³/mol. The van der Waals surface area contributed by atoms with E-state index < -0.39 is 0 Å². The highest BCUT2D eigenvalue weighted by Crippen LogP contribution is 2.05. The van der Waals surface area contributed by atoms with E-state index in [4.69, 9.17) is 0 Å². The molecule has 0 saturated heterocycles. The standard InChI is InChI=1S/C16H17FN2O2/c1-11-3-8-14(15(20)18-11)16(21)19(2)10-9-12-4-6-13(17)7-5-12/h3-8H,9-10H2,1-2H3,(H,18,20). The molecule has 1 aromatic carbocycles. The van der Waals surface area contributed by atoms with E-state index in [0.29, 0.717) is 18.7 Å². The zero-order chi connectivity index (χ0) is 15.4. The molecule has 0 unspecified atom stereocenters. The van der Waals surface area contributed by atoms with Gasteiger partial charge in [0, 0.05) is 19.3 Å². The van der Waals surface area contributed by atoms with Crippen molar-refractivity contribution in [1.82, 2.24) is 9.88 Å². The highest BCUT2D eigenvalue weighted by Gasteiger charge is 2.15. The number of carbonyl (C=O) groups excluding carboxylic acids is 1. The number of aromatic nitrogens is 1. The van der Waals surface area contributed by atoms with E-state index in [1.54, 1.807) is 32.2 Å².